The quantitative estimate of drug-likeness (QED) is 0.705. The number of carboxylic acids is 1. The summed E-state index contributed by atoms with van der Waals surface area (Å²) in [5.74, 6) is -1.26. The molecule has 0 atom stereocenters. The van der Waals surface area contributed by atoms with Crippen molar-refractivity contribution in [3.05, 3.63) is 18.0 Å². The Bertz CT molecular complexity index is 544. The summed E-state index contributed by atoms with van der Waals surface area (Å²) in [6.45, 7) is 0.370. The van der Waals surface area contributed by atoms with E-state index in [2.05, 4.69) is 0 Å². The van der Waals surface area contributed by atoms with Crippen LogP contribution < -0.4 is 15.0 Å². The lowest BCUT2D eigenvalue weighted by molar-refractivity contribution is -0.255. The maximum absolute atomic E-state index is 11.1. The van der Waals surface area contributed by atoms with Gasteiger partial charge in [0.25, 0.3) is 0 Å². The predicted octanol–water partition coefficient (Wildman–Crippen LogP) is -1.31. The van der Waals surface area contributed by atoms with Crippen LogP contribution in [0.1, 0.15) is 23.3 Å². The number of ether oxygens (including phenoxy) is 1. The Labute approximate surface area is 98.0 Å². The number of carbonyl (C=O) groups excluding carboxylic acids is 1. The van der Waals surface area contributed by atoms with Crippen LogP contribution in [0, 0.1) is 5.92 Å². The lowest BCUT2D eigenvalue weighted by Gasteiger charge is -2.10. The van der Waals surface area contributed by atoms with Crippen molar-refractivity contribution in [2.45, 2.75) is 12.8 Å². The first kappa shape index (κ1) is 11.9. The normalized spacial score (nSPS) is 15.8. The van der Waals surface area contributed by atoms with Crippen molar-refractivity contribution in [3.8, 4) is 5.75 Å². The minimum absolute atomic E-state index is 0.0362. The van der Waals surface area contributed by atoms with Gasteiger partial charge in [-0.15, -0.1) is 0 Å². The molecular weight excluding hydrogens is 248 g/mol. The Morgan fingerprint density at radius 3 is 2.71 bits per heavy atom. The molecule has 0 radical (unpaired) electrons. The van der Waals surface area contributed by atoms with Gasteiger partial charge in [-0.05, 0) is 24.8 Å². The molecule has 0 bridgehead atoms. The number of nitrogens with two attached hydrogens (primary N) is 1. The first-order valence-corrected chi connectivity index (χ1v) is 6.48. The maximum Gasteiger partial charge on any atom is 0.303 e. The van der Waals surface area contributed by atoms with Crippen molar-refractivity contribution in [2.75, 3.05) is 6.61 Å². The van der Waals surface area contributed by atoms with Gasteiger partial charge < -0.3 is 14.6 Å². The predicted molar refractivity (Wildman–Crippen MR) is 55.5 cm³/mol. The van der Waals surface area contributed by atoms with Crippen molar-refractivity contribution in [3.63, 3.8) is 0 Å². The molecule has 1 aliphatic rings. The third kappa shape index (κ3) is 2.59. The lowest BCUT2D eigenvalue weighted by Crippen LogP contribution is -2.31. The Hall–Kier alpha value is -1.54. The van der Waals surface area contributed by atoms with E-state index in [9.17, 15) is 18.3 Å². The smallest absolute Gasteiger partial charge is 0.303 e. The standard InChI is InChI=1S/C9H12N2O5S/c10-17(14,15)11-4-3-7(8(11)9(12)13)16-5-6-1-2-6/h3-4,6H,1-2,5H2,(H,12,13)(H2,10,14,15)/p-1. The fraction of sp³-hybridized carbons (Fsp3) is 0.444. The second-order valence-corrected chi connectivity index (χ2v) is 5.33. The topological polar surface area (TPSA) is 114 Å². The van der Waals surface area contributed by atoms with Crippen LogP contribution >= 0.6 is 0 Å². The molecule has 1 heterocycles. The van der Waals surface area contributed by atoms with E-state index in [4.69, 9.17) is 9.88 Å². The first-order chi connectivity index (χ1) is 7.89. The van der Waals surface area contributed by atoms with E-state index in [1.807, 2.05) is 0 Å². The van der Waals surface area contributed by atoms with Crippen LogP contribution in [0.5, 0.6) is 5.75 Å². The molecule has 0 aromatic carbocycles. The zero-order chi connectivity index (χ0) is 12.6. The molecule has 0 saturated heterocycles. The zero-order valence-electron chi connectivity index (χ0n) is 8.83. The molecule has 0 spiro atoms. The summed E-state index contributed by atoms with van der Waals surface area (Å²) in [7, 11) is -4.16. The molecule has 0 amide bonds. The molecule has 1 aliphatic carbocycles. The summed E-state index contributed by atoms with van der Waals surface area (Å²) < 4.78 is 27.9. The van der Waals surface area contributed by atoms with Crippen LogP contribution in [-0.4, -0.2) is 25.0 Å². The molecule has 2 rings (SSSR count). The fourth-order valence-corrected chi connectivity index (χ4v) is 2.06. The van der Waals surface area contributed by atoms with Gasteiger partial charge in [0.05, 0.1) is 12.6 Å². The van der Waals surface area contributed by atoms with Crippen LogP contribution in [0.15, 0.2) is 12.3 Å². The Morgan fingerprint density at radius 1 is 1.59 bits per heavy atom. The summed E-state index contributed by atoms with van der Waals surface area (Å²) in [5, 5.41) is 15.7. The molecule has 8 heteroatoms. The van der Waals surface area contributed by atoms with Crippen LogP contribution in [0.4, 0.5) is 0 Å². The average molecular weight is 259 g/mol. The number of nitrogens with zero attached hydrogens (tertiary/aromatic N) is 1. The van der Waals surface area contributed by atoms with Gasteiger partial charge in [0.1, 0.15) is 11.4 Å². The highest BCUT2D eigenvalue weighted by molar-refractivity contribution is 7.87. The molecule has 17 heavy (non-hydrogen) atoms. The highest BCUT2D eigenvalue weighted by Gasteiger charge is 2.24. The number of rotatable bonds is 5. The van der Waals surface area contributed by atoms with Crippen molar-refractivity contribution in [2.24, 2.45) is 11.1 Å². The molecule has 1 fully saturated rings. The van der Waals surface area contributed by atoms with E-state index in [-0.39, 0.29) is 5.75 Å². The average Bonchev–Trinajstić information content (AvgIpc) is 2.91. The van der Waals surface area contributed by atoms with Crippen LogP contribution in [0.3, 0.4) is 0 Å². The second kappa shape index (κ2) is 4.04. The van der Waals surface area contributed by atoms with E-state index >= 15 is 0 Å². The van der Waals surface area contributed by atoms with Crippen molar-refractivity contribution in [1.29, 1.82) is 0 Å². The van der Waals surface area contributed by atoms with Gasteiger partial charge in [-0.2, -0.15) is 8.42 Å². The second-order valence-electron chi connectivity index (χ2n) is 3.91. The van der Waals surface area contributed by atoms with Crippen molar-refractivity contribution >= 4 is 16.2 Å². The number of aromatic nitrogens is 1. The molecule has 7 nitrogen and oxygen atoms in total. The van der Waals surface area contributed by atoms with Crippen LogP contribution in [0.2, 0.25) is 0 Å². The third-order valence-electron chi connectivity index (χ3n) is 2.45. The zero-order valence-corrected chi connectivity index (χ0v) is 9.64. The monoisotopic (exact) mass is 259 g/mol. The number of carboxylic acid groups (broad SMARTS) is 1. The van der Waals surface area contributed by atoms with E-state index in [0.29, 0.717) is 16.5 Å². The molecular formula is C9H11N2O5S-. The van der Waals surface area contributed by atoms with E-state index in [1.165, 1.54) is 6.07 Å². The first-order valence-electron chi connectivity index (χ1n) is 4.98. The summed E-state index contributed by atoms with van der Waals surface area (Å²) >= 11 is 0. The minimum atomic E-state index is -4.16. The maximum atomic E-state index is 11.1. The molecule has 2 N–H and O–H groups in total. The van der Waals surface area contributed by atoms with Crippen LogP contribution in [0.25, 0.3) is 0 Å². The number of hydrogen-bond donors (Lipinski definition) is 1. The van der Waals surface area contributed by atoms with Gasteiger partial charge in [-0.3, -0.25) is 0 Å². The van der Waals surface area contributed by atoms with Gasteiger partial charge in [0, 0.05) is 6.20 Å². The molecule has 1 aromatic rings. The highest BCUT2D eigenvalue weighted by Crippen LogP contribution is 2.30. The Morgan fingerprint density at radius 2 is 2.24 bits per heavy atom. The summed E-state index contributed by atoms with van der Waals surface area (Å²) in [6, 6.07) is 1.25. The van der Waals surface area contributed by atoms with E-state index in [0.717, 1.165) is 19.0 Å². The fourth-order valence-electron chi connectivity index (χ4n) is 1.41. The van der Waals surface area contributed by atoms with Gasteiger partial charge >= 0.3 is 10.2 Å². The Kier molecular flexibility index (Phi) is 2.84. The molecule has 94 valence electrons. The van der Waals surface area contributed by atoms with Gasteiger partial charge in [-0.25, -0.2) is 9.11 Å². The lowest BCUT2D eigenvalue weighted by atomic mass is 10.4. The highest BCUT2D eigenvalue weighted by atomic mass is 32.2. The molecule has 0 unspecified atom stereocenters. The van der Waals surface area contributed by atoms with E-state index < -0.39 is 21.9 Å². The summed E-state index contributed by atoms with van der Waals surface area (Å²) in [5.41, 5.74) is -0.576. The van der Waals surface area contributed by atoms with Gasteiger partial charge in [0.2, 0.25) is 0 Å². The number of hydrogen-bond acceptors (Lipinski definition) is 5. The Balaban J connectivity index is 2.31. The van der Waals surface area contributed by atoms with Crippen molar-refractivity contribution < 1.29 is 23.1 Å². The third-order valence-corrected chi connectivity index (χ3v) is 3.31. The SMILES string of the molecule is NS(=O)(=O)n1ccc(OCC2CC2)c1C(=O)[O-]. The molecule has 1 saturated carbocycles. The minimum Gasteiger partial charge on any atom is -0.543 e. The molecule has 1 aromatic heterocycles. The number of aromatic carboxylic acids is 1. The van der Waals surface area contributed by atoms with Gasteiger partial charge in [0.15, 0.2) is 0 Å². The summed E-state index contributed by atoms with van der Waals surface area (Å²) in [4.78, 5) is 10.9. The van der Waals surface area contributed by atoms with Gasteiger partial charge in [-0.1, -0.05) is 0 Å². The van der Waals surface area contributed by atoms with Crippen molar-refractivity contribution in [1.82, 2.24) is 3.97 Å². The van der Waals surface area contributed by atoms with E-state index in [1.54, 1.807) is 0 Å². The largest absolute Gasteiger partial charge is 0.543 e. The van der Waals surface area contributed by atoms with Crippen LogP contribution in [-0.2, 0) is 10.2 Å². The number of carbonyl (C=O) groups is 1. The summed E-state index contributed by atoms with van der Waals surface area (Å²) in [6.07, 6.45) is 3.11. The molecule has 0 aliphatic heterocycles.